The molecule has 0 bridgehead atoms. The normalized spacial score (nSPS) is 17.7. The van der Waals surface area contributed by atoms with Gasteiger partial charge < -0.3 is 5.32 Å². The highest BCUT2D eigenvalue weighted by Gasteiger charge is 2.32. The van der Waals surface area contributed by atoms with E-state index in [0.29, 0.717) is 17.9 Å². The zero-order valence-corrected chi connectivity index (χ0v) is 18.5. The molecule has 0 saturated heterocycles. The Morgan fingerprint density at radius 2 is 1.67 bits per heavy atom. The van der Waals surface area contributed by atoms with Gasteiger partial charge >= 0.3 is 0 Å². The molecule has 7 heteroatoms. The first-order valence-corrected chi connectivity index (χ1v) is 11.3. The van der Waals surface area contributed by atoms with E-state index in [4.69, 9.17) is 0 Å². The highest BCUT2D eigenvalue weighted by molar-refractivity contribution is 5.66. The Balaban J connectivity index is 1.08. The molecule has 1 aromatic carbocycles. The molecule has 7 nitrogen and oxygen atoms in total. The molecule has 164 valence electrons. The van der Waals surface area contributed by atoms with E-state index in [9.17, 15) is 0 Å². The number of benzene rings is 1. The van der Waals surface area contributed by atoms with Crippen LogP contribution < -0.4 is 5.32 Å². The smallest absolute Gasteiger partial charge is 0.222 e. The Bertz CT molecular complexity index is 1380. The average molecular weight is 436 g/mol. The molecule has 4 aromatic heterocycles. The van der Waals surface area contributed by atoms with Crippen molar-refractivity contribution in [1.82, 2.24) is 29.4 Å². The van der Waals surface area contributed by atoms with Gasteiger partial charge in [-0.25, -0.2) is 14.5 Å². The van der Waals surface area contributed by atoms with Crippen LogP contribution in [0.2, 0.25) is 0 Å². The maximum absolute atomic E-state index is 4.61. The second-order valence-electron chi connectivity index (χ2n) is 8.84. The van der Waals surface area contributed by atoms with Crippen molar-refractivity contribution < 1.29 is 0 Å². The molecule has 1 saturated carbocycles. The van der Waals surface area contributed by atoms with Crippen LogP contribution in [0.3, 0.4) is 0 Å². The van der Waals surface area contributed by atoms with Crippen LogP contribution in [0.5, 0.6) is 0 Å². The van der Waals surface area contributed by atoms with Gasteiger partial charge in [-0.15, -0.1) is 0 Å². The number of hydrogen-bond acceptors (Lipinski definition) is 5. The van der Waals surface area contributed by atoms with Crippen molar-refractivity contribution in [1.29, 1.82) is 0 Å². The third-order valence-electron chi connectivity index (χ3n) is 6.45. The highest BCUT2D eigenvalue weighted by Crippen LogP contribution is 2.40. The summed E-state index contributed by atoms with van der Waals surface area (Å²) in [5.74, 6) is 1.21. The van der Waals surface area contributed by atoms with E-state index in [1.54, 1.807) is 0 Å². The molecule has 1 aliphatic rings. The van der Waals surface area contributed by atoms with Gasteiger partial charge in [-0.3, -0.25) is 4.68 Å². The SMILES string of the molecule is Cn1cc(-c2ccc3c(C4CC(Nc5ncc(Cc6ccccc6)cn5)C4)cnn3c2)cn1. The van der Waals surface area contributed by atoms with Crippen molar-refractivity contribution in [3.8, 4) is 11.1 Å². The molecule has 0 spiro atoms. The van der Waals surface area contributed by atoms with Gasteiger partial charge in [-0.05, 0) is 36.0 Å². The molecule has 0 atom stereocenters. The zero-order valence-electron chi connectivity index (χ0n) is 18.5. The van der Waals surface area contributed by atoms with E-state index in [1.165, 1.54) is 16.6 Å². The van der Waals surface area contributed by atoms with E-state index in [1.807, 2.05) is 53.3 Å². The Hall–Kier alpha value is -4.00. The van der Waals surface area contributed by atoms with Gasteiger partial charge in [0.1, 0.15) is 0 Å². The minimum Gasteiger partial charge on any atom is -0.351 e. The third kappa shape index (κ3) is 3.98. The number of hydrogen-bond donors (Lipinski definition) is 1. The lowest BCUT2D eigenvalue weighted by molar-refractivity contribution is 0.374. The summed E-state index contributed by atoms with van der Waals surface area (Å²) in [6.45, 7) is 0. The maximum atomic E-state index is 4.61. The fourth-order valence-electron chi connectivity index (χ4n) is 4.58. The number of aromatic nitrogens is 6. The number of anilines is 1. The van der Waals surface area contributed by atoms with Gasteiger partial charge in [0, 0.05) is 61.0 Å². The monoisotopic (exact) mass is 435 g/mol. The predicted octanol–water partition coefficient (Wildman–Crippen LogP) is 4.47. The van der Waals surface area contributed by atoms with Crippen molar-refractivity contribution >= 4 is 11.5 Å². The lowest BCUT2D eigenvalue weighted by Gasteiger charge is -2.35. The minimum atomic E-state index is 0.389. The second-order valence-corrected chi connectivity index (χ2v) is 8.84. The minimum absolute atomic E-state index is 0.389. The summed E-state index contributed by atoms with van der Waals surface area (Å²) in [5, 5.41) is 12.4. The van der Waals surface area contributed by atoms with Crippen molar-refractivity contribution in [2.45, 2.75) is 31.2 Å². The van der Waals surface area contributed by atoms with Gasteiger partial charge in [0.15, 0.2) is 0 Å². The van der Waals surface area contributed by atoms with Crippen LogP contribution >= 0.6 is 0 Å². The number of aryl methyl sites for hydroxylation is 1. The summed E-state index contributed by atoms with van der Waals surface area (Å²) >= 11 is 0. The van der Waals surface area contributed by atoms with E-state index in [2.05, 4.69) is 68.1 Å². The lowest BCUT2D eigenvalue weighted by atomic mass is 9.76. The van der Waals surface area contributed by atoms with Gasteiger partial charge in [-0.2, -0.15) is 10.2 Å². The Kier molecular flexibility index (Phi) is 4.87. The summed E-state index contributed by atoms with van der Waals surface area (Å²) in [4.78, 5) is 9.06. The van der Waals surface area contributed by atoms with Gasteiger partial charge in [0.05, 0.1) is 17.9 Å². The van der Waals surface area contributed by atoms with E-state index >= 15 is 0 Å². The van der Waals surface area contributed by atoms with Crippen molar-refractivity contribution in [2.75, 3.05) is 5.32 Å². The molecule has 0 unspecified atom stereocenters. The maximum Gasteiger partial charge on any atom is 0.222 e. The quantitative estimate of drug-likeness (QED) is 0.426. The first-order valence-electron chi connectivity index (χ1n) is 11.3. The van der Waals surface area contributed by atoms with Crippen molar-refractivity contribution in [3.63, 3.8) is 0 Å². The predicted molar refractivity (Wildman–Crippen MR) is 128 cm³/mol. The number of pyridine rings is 1. The van der Waals surface area contributed by atoms with Gasteiger partial charge in [0.25, 0.3) is 0 Å². The molecule has 0 amide bonds. The Labute approximate surface area is 192 Å². The fourth-order valence-corrected chi connectivity index (χ4v) is 4.58. The Morgan fingerprint density at radius 3 is 2.42 bits per heavy atom. The number of fused-ring (bicyclic) bond motifs is 1. The van der Waals surface area contributed by atoms with E-state index in [-0.39, 0.29) is 0 Å². The van der Waals surface area contributed by atoms with Gasteiger partial charge in [-0.1, -0.05) is 36.4 Å². The standard InChI is InChI=1S/C26H25N7/c1-32-16-22(14-29-32)20-7-8-25-24(15-30-33(25)17-20)21-10-23(11-21)31-26-27-12-19(13-28-26)9-18-5-3-2-4-6-18/h2-8,12-17,21,23H,9-11H2,1H3,(H,27,28,31). The van der Waals surface area contributed by atoms with Crippen LogP contribution in [-0.4, -0.2) is 35.4 Å². The summed E-state index contributed by atoms with van der Waals surface area (Å²) in [5.41, 5.74) is 7.09. The molecule has 1 fully saturated rings. The van der Waals surface area contributed by atoms with Gasteiger partial charge in [0.2, 0.25) is 5.95 Å². The summed E-state index contributed by atoms with van der Waals surface area (Å²) < 4.78 is 3.79. The average Bonchev–Trinajstić information content (AvgIpc) is 3.43. The van der Waals surface area contributed by atoms with Crippen LogP contribution in [0.1, 0.15) is 35.4 Å². The third-order valence-corrected chi connectivity index (χ3v) is 6.45. The van der Waals surface area contributed by atoms with Crippen LogP contribution in [-0.2, 0) is 13.5 Å². The summed E-state index contributed by atoms with van der Waals surface area (Å²) in [6, 6.07) is 15.1. The van der Waals surface area contributed by atoms with Crippen molar-refractivity contribution in [2.24, 2.45) is 7.05 Å². The molecule has 33 heavy (non-hydrogen) atoms. The molecule has 6 rings (SSSR count). The molecule has 5 aromatic rings. The zero-order chi connectivity index (χ0) is 22.2. The van der Waals surface area contributed by atoms with Crippen LogP contribution in [0.25, 0.3) is 16.6 Å². The lowest BCUT2D eigenvalue weighted by Crippen LogP contribution is -2.34. The molecular weight excluding hydrogens is 410 g/mol. The number of rotatable bonds is 6. The van der Waals surface area contributed by atoms with Crippen LogP contribution in [0, 0.1) is 0 Å². The van der Waals surface area contributed by atoms with Crippen LogP contribution in [0.15, 0.2) is 79.6 Å². The van der Waals surface area contributed by atoms with Crippen LogP contribution in [0.4, 0.5) is 5.95 Å². The largest absolute Gasteiger partial charge is 0.351 e. The molecule has 0 radical (unpaired) electrons. The number of nitrogens with zero attached hydrogens (tertiary/aromatic N) is 6. The number of nitrogens with one attached hydrogen (secondary N) is 1. The summed E-state index contributed by atoms with van der Waals surface area (Å²) in [7, 11) is 1.93. The second kappa shape index (κ2) is 8.16. The fraction of sp³-hybridized carbons (Fsp3) is 0.231. The molecular formula is C26H25N7. The van der Waals surface area contributed by atoms with E-state index < -0.39 is 0 Å². The summed E-state index contributed by atoms with van der Waals surface area (Å²) in [6.07, 6.45) is 14.8. The molecule has 1 N–H and O–H groups in total. The molecule has 4 heterocycles. The topological polar surface area (TPSA) is 72.9 Å². The first-order chi connectivity index (χ1) is 16.2. The molecule has 1 aliphatic carbocycles. The Morgan fingerprint density at radius 1 is 0.848 bits per heavy atom. The first kappa shape index (κ1) is 19.7. The molecule has 0 aliphatic heterocycles. The van der Waals surface area contributed by atoms with E-state index in [0.717, 1.165) is 36.0 Å². The van der Waals surface area contributed by atoms with Crippen molar-refractivity contribution in [3.05, 3.63) is 96.3 Å². The highest BCUT2D eigenvalue weighted by atomic mass is 15.2.